The predicted octanol–water partition coefficient (Wildman–Crippen LogP) is 3.02. The van der Waals surface area contributed by atoms with Crippen molar-refractivity contribution in [3.05, 3.63) is 85.8 Å². The Hall–Kier alpha value is -4.21. The zero-order chi connectivity index (χ0) is 21.5. The average Bonchev–Trinajstić information content (AvgIpc) is 2.72. The lowest BCUT2D eigenvalue weighted by molar-refractivity contribution is -0.384. The van der Waals surface area contributed by atoms with Crippen molar-refractivity contribution in [2.24, 2.45) is 5.10 Å². The maximum atomic E-state index is 11.4. The number of nitro benzene ring substituents is 1. The number of anilines is 1. The van der Waals surface area contributed by atoms with Gasteiger partial charge >= 0.3 is 0 Å². The largest absolute Gasteiger partial charge is 0.493 e. The molecule has 0 fully saturated rings. The van der Waals surface area contributed by atoms with Crippen LogP contribution in [0.4, 0.5) is 11.6 Å². The van der Waals surface area contributed by atoms with Crippen LogP contribution in [0.25, 0.3) is 0 Å². The van der Waals surface area contributed by atoms with Crippen LogP contribution >= 0.6 is 0 Å². The number of nitro groups is 1. The Morgan fingerprint density at radius 1 is 1.20 bits per heavy atom. The van der Waals surface area contributed by atoms with Crippen molar-refractivity contribution in [1.82, 2.24) is 9.97 Å². The minimum Gasteiger partial charge on any atom is -0.493 e. The highest BCUT2D eigenvalue weighted by Gasteiger charge is 2.08. The summed E-state index contributed by atoms with van der Waals surface area (Å²) < 4.78 is 11.1. The summed E-state index contributed by atoms with van der Waals surface area (Å²) in [7, 11) is 1.53. The molecule has 1 aromatic heterocycles. The zero-order valence-electron chi connectivity index (χ0n) is 16.3. The summed E-state index contributed by atoms with van der Waals surface area (Å²) in [4.78, 5) is 28.4. The van der Waals surface area contributed by atoms with E-state index in [2.05, 4.69) is 20.5 Å². The van der Waals surface area contributed by atoms with Gasteiger partial charge < -0.3 is 9.47 Å². The van der Waals surface area contributed by atoms with Crippen LogP contribution in [0.1, 0.15) is 16.8 Å². The number of nitrogens with zero attached hydrogens (tertiary/aromatic N) is 3. The lowest BCUT2D eigenvalue weighted by atomic mass is 10.2. The number of aryl methyl sites for hydroxylation is 1. The molecule has 0 unspecified atom stereocenters. The predicted molar refractivity (Wildman–Crippen MR) is 111 cm³/mol. The number of nitrogens with one attached hydrogen (secondary N) is 2. The number of hydrogen-bond acceptors (Lipinski definition) is 8. The van der Waals surface area contributed by atoms with Crippen molar-refractivity contribution in [1.29, 1.82) is 0 Å². The molecule has 1 heterocycles. The van der Waals surface area contributed by atoms with Gasteiger partial charge in [-0.1, -0.05) is 0 Å². The van der Waals surface area contributed by atoms with Crippen LogP contribution in [-0.4, -0.2) is 28.2 Å². The van der Waals surface area contributed by atoms with Gasteiger partial charge in [0.25, 0.3) is 11.2 Å². The second-order valence-corrected chi connectivity index (χ2v) is 6.23. The highest BCUT2D eigenvalue weighted by atomic mass is 16.6. The number of hydrogen-bond donors (Lipinski definition) is 2. The third-order valence-corrected chi connectivity index (χ3v) is 3.98. The fourth-order valence-corrected chi connectivity index (χ4v) is 2.56. The summed E-state index contributed by atoms with van der Waals surface area (Å²) in [5.41, 5.74) is 4.49. The Kier molecular flexibility index (Phi) is 6.38. The average molecular weight is 409 g/mol. The summed E-state index contributed by atoms with van der Waals surface area (Å²) in [6.45, 7) is 1.92. The number of aromatic nitrogens is 2. The molecule has 2 N–H and O–H groups in total. The molecule has 0 atom stereocenters. The quantitative estimate of drug-likeness (QED) is 0.332. The van der Waals surface area contributed by atoms with E-state index in [9.17, 15) is 14.9 Å². The van der Waals surface area contributed by atoms with Crippen LogP contribution in [-0.2, 0) is 6.61 Å². The SMILES string of the molecule is COc1ccc(/C=N\Nc2nc(C)cc(=O)[nH]2)cc1OCc1ccc([N+](=O)[O-])cc1. The van der Waals surface area contributed by atoms with Gasteiger partial charge in [0.1, 0.15) is 6.61 Å². The summed E-state index contributed by atoms with van der Waals surface area (Å²) in [5, 5.41) is 14.8. The van der Waals surface area contributed by atoms with Crippen LogP contribution in [0.3, 0.4) is 0 Å². The highest BCUT2D eigenvalue weighted by molar-refractivity contribution is 5.81. The van der Waals surface area contributed by atoms with Gasteiger partial charge in [-0.05, 0) is 48.4 Å². The number of aromatic amines is 1. The minimum absolute atomic E-state index is 0.0199. The molecular formula is C20H19N5O5. The Bertz CT molecular complexity index is 1130. The molecule has 0 radical (unpaired) electrons. The third kappa shape index (κ3) is 5.41. The maximum Gasteiger partial charge on any atom is 0.269 e. The molecule has 10 heteroatoms. The van der Waals surface area contributed by atoms with Gasteiger partial charge in [-0.15, -0.1) is 0 Å². The van der Waals surface area contributed by atoms with E-state index in [-0.39, 0.29) is 23.8 Å². The van der Waals surface area contributed by atoms with E-state index >= 15 is 0 Å². The number of rotatable bonds is 8. The number of non-ortho nitro benzene ring substituents is 1. The van der Waals surface area contributed by atoms with Gasteiger partial charge in [0.05, 0.1) is 18.2 Å². The van der Waals surface area contributed by atoms with Crippen molar-refractivity contribution >= 4 is 17.9 Å². The fourth-order valence-electron chi connectivity index (χ4n) is 2.56. The standard InChI is InChI=1S/C20H19N5O5/c1-13-9-19(26)23-20(22-13)24-21-11-15-5-8-17(29-2)18(10-15)30-12-14-3-6-16(7-4-14)25(27)28/h3-11H,12H2,1-2H3,(H2,22,23,24,26)/b21-11-. The highest BCUT2D eigenvalue weighted by Crippen LogP contribution is 2.28. The van der Waals surface area contributed by atoms with Crippen LogP contribution in [0.2, 0.25) is 0 Å². The van der Waals surface area contributed by atoms with Crippen molar-refractivity contribution in [2.75, 3.05) is 12.5 Å². The van der Waals surface area contributed by atoms with Crippen molar-refractivity contribution in [3.63, 3.8) is 0 Å². The number of H-pyrrole nitrogens is 1. The summed E-state index contributed by atoms with van der Waals surface area (Å²) in [5.74, 6) is 1.26. The van der Waals surface area contributed by atoms with Crippen LogP contribution in [0.15, 0.2) is 58.4 Å². The van der Waals surface area contributed by atoms with Crippen molar-refractivity contribution in [3.8, 4) is 11.5 Å². The third-order valence-electron chi connectivity index (χ3n) is 3.98. The number of benzene rings is 2. The Balaban J connectivity index is 1.69. The Morgan fingerprint density at radius 3 is 2.63 bits per heavy atom. The molecule has 0 saturated carbocycles. The van der Waals surface area contributed by atoms with E-state index in [0.717, 1.165) is 11.1 Å². The molecule has 2 aromatic carbocycles. The summed E-state index contributed by atoms with van der Waals surface area (Å²) in [6.07, 6.45) is 1.54. The lowest BCUT2D eigenvalue weighted by Gasteiger charge is -2.11. The topological polar surface area (TPSA) is 132 Å². The van der Waals surface area contributed by atoms with Crippen LogP contribution < -0.4 is 20.5 Å². The van der Waals surface area contributed by atoms with Gasteiger partial charge in [0.2, 0.25) is 5.95 Å². The van der Waals surface area contributed by atoms with E-state index in [0.29, 0.717) is 17.2 Å². The first kappa shape index (κ1) is 20.5. The van der Waals surface area contributed by atoms with Gasteiger partial charge in [0.15, 0.2) is 11.5 Å². The van der Waals surface area contributed by atoms with Gasteiger partial charge in [-0.3, -0.25) is 19.9 Å². The van der Waals surface area contributed by atoms with E-state index in [1.807, 2.05) is 0 Å². The molecule has 0 saturated heterocycles. The molecule has 30 heavy (non-hydrogen) atoms. The molecule has 3 rings (SSSR count). The first-order valence-electron chi connectivity index (χ1n) is 8.86. The first-order valence-corrected chi connectivity index (χ1v) is 8.86. The molecule has 0 amide bonds. The van der Waals surface area contributed by atoms with Crippen LogP contribution in [0.5, 0.6) is 11.5 Å². The molecule has 0 aliphatic carbocycles. The smallest absolute Gasteiger partial charge is 0.269 e. The first-order chi connectivity index (χ1) is 14.4. The van der Waals surface area contributed by atoms with E-state index in [1.165, 1.54) is 25.3 Å². The number of hydrazone groups is 1. The molecule has 0 spiro atoms. The summed E-state index contributed by atoms with van der Waals surface area (Å²) >= 11 is 0. The van der Waals surface area contributed by atoms with Crippen molar-refractivity contribution < 1.29 is 14.4 Å². The molecule has 10 nitrogen and oxygen atoms in total. The second kappa shape index (κ2) is 9.32. The van der Waals surface area contributed by atoms with E-state index < -0.39 is 4.92 Å². The second-order valence-electron chi connectivity index (χ2n) is 6.23. The molecule has 0 aliphatic heterocycles. The van der Waals surface area contributed by atoms with E-state index in [4.69, 9.17) is 9.47 Å². The van der Waals surface area contributed by atoms with E-state index in [1.54, 1.807) is 43.5 Å². The molecular weight excluding hydrogens is 390 g/mol. The van der Waals surface area contributed by atoms with Gasteiger partial charge in [-0.2, -0.15) is 5.10 Å². The van der Waals surface area contributed by atoms with Crippen LogP contribution in [0, 0.1) is 17.0 Å². The van der Waals surface area contributed by atoms with Gasteiger partial charge in [0, 0.05) is 23.9 Å². The maximum absolute atomic E-state index is 11.4. The Morgan fingerprint density at radius 2 is 1.97 bits per heavy atom. The number of ether oxygens (including phenoxy) is 2. The van der Waals surface area contributed by atoms with Crippen molar-refractivity contribution in [2.45, 2.75) is 13.5 Å². The lowest BCUT2D eigenvalue weighted by Crippen LogP contribution is -2.10. The normalized spacial score (nSPS) is 10.7. The monoisotopic (exact) mass is 409 g/mol. The molecule has 0 aliphatic rings. The zero-order valence-corrected chi connectivity index (χ0v) is 16.3. The fraction of sp³-hybridized carbons (Fsp3) is 0.150. The molecule has 154 valence electrons. The van der Waals surface area contributed by atoms with Gasteiger partial charge in [-0.25, -0.2) is 10.4 Å². The minimum atomic E-state index is -0.452. The Labute approximate surface area is 171 Å². The summed E-state index contributed by atoms with van der Waals surface area (Å²) in [6, 6.07) is 12.8. The molecule has 0 bridgehead atoms. The molecule has 3 aromatic rings. The number of methoxy groups -OCH3 is 1.